The number of primary amides is 4. The van der Waals surface area contributed by atoms with Gasteiger partial charge in [-0.25, -0.2) is 55.0 Å². The Hall–Kier alpha value is -12.6. The van der Waals surface area contributed by atoms with Crippen molar-refractivity contribution in [3.05, 3.63) is 190 Å². The first-order chi connectivity index (χ1) is 55.2. The zero-order chi connectivity index (χ0) is 85.3. The highest BCUT2D eigenvalue weighted by atomic mass is 35.5. The van der Waals surface area contributed by atoms with Gasteiger partial charge < -0.3 is 60.0 Å². The molecule has 1 aliphatic carbocycles. The molecule has 2 atom stereocenters. The normalized spacial score (nSPS) is 13.2. The molecule has 50 heteroatoms. The maximum Gasteiger partial charge on any atom is 0.407 e. The summed E-state index contributed by atoms with van der Waals surface area (Å²) < 4.78 is 75.3. The largest absolute Gasteiger partial charge is 0.444 e. The molecule has 0 aliphatic heterocycles. The van der Waals surface area contributed by atoms with Crippen molar-refractivity contribution in [2.45, 2.75) is 84.8 Å². The monoisotopic (exact) mass is 1750 g/mol. The lowest BCUT2D eigenvalue weighted by Gasteiger charge is -2.30. The lowest BCUT2D eigenvalue weighted by Crippen LogP contribution is -2.50. The van der Waals surface area contributed by atoms with E-state index in [4.69, 9.17) is 79.8 Å². The van der Waals surface area contributed by atoms with E-state index >= 15 is 0 Å². The number of amides is 5. The van der Waals surface area contributed by atoms with Crippen LogP contribution >= 0.6 is 58.2 Å². The molecular formula is C67H70Cl4N30O12S4. The molecule has 612 valence electrons. The molecule has 0 radical (unpaired) electrons. The molecule has 13 rings (SSSR count). The lowest BCUT2D eigenvalue weighted by molar-refractivity contribution is 0.0485. The average Bonchev–Trinajstić information content (AvgIpc) is 1.41. The summed E-state index contributed by atoms with van der Waals surface area (Å²) in [5.41, 5.74) is 30.8. The van der Waals surface area contributed by atoms with Crippen molar-refractivity contribution in [3.63, 3.8) is 0 Å². The zero-order valence-electron chi connectivity index (χ0n) is 62.2. The smallest absolute Gasteiger partial charge is 0.407 e. The molecule has 0 bridgehead atoms. The number of hydrogen-bond acceptors (Lipinski definition) is 34. The van der Waals surface area contributed by atoms with Gasteiger partial charge in [-0.1, -0.05) is 77.1 Å². The first-order valence-corrected chi connectivity index (χ1v) is 41.9. The van der Waals surface area contributed by atoms with E-state index in [0.29, 0.717) is 49.5 Å². The van der Waals surface area contributed by atoms with Crippen molar-refractivity contribution in [2.24, 2.45) is 28.7 Å². The minimum Gasteiger partial charge on any atom is -0.444 e. The number of anilines is 8. The van der Waals surface area contributed by atoms with Gasteiger partial charge in [0, 0.05) is 67.0 Å². The van der Waals surface area contributed by atoms with Crippen molar-refractivity contribution in [1.29, 1.82) is 0 Å². The SMILES string of the molecule is CC(C)(C)OC(=O)N[C@H]1CCCC[C@H]1N.CS(=O)(=O)c1ncc(C(N)=O)c(Nc2cc(-n3nccn3)c(Cl)cc2Cl)n1.CS(=O)(=O)c1ncc(C(N)=O)c(Nc2cc(-n3nccn3)ccc2Cl)n1.CS(=O)(=O)c1ncc(C(N)=O)c(Nc2ccc(Cl)c(-n3nccn3)c2)n1.CSc1ncc(C(N)=O)c(Nc2cccc(-n3nccn3)c2)n1. The summed E-state index contributed by atoms with van der Waals surface area (Å²) in [6.45, 7) is 5.56. The highest BCUT2D eigenvalue weighted by Gasteiger charge is 2.27. The van der Waals surface area contributed by atoms with Gasteiger partial charge in [-0.3, -0.25) is 19.2 Å². The fourth-order valence-corrected chi connectivity index (χ4v) is 12.6. The minimum atomic E-state index is -3.71. The van der Waals surface area contributed by atoms with E-state index in [0.717, 1.165) is 74.4 Å². The number of sulfone groups is 3. The van der Waals surface area contributed by atoms with Crippen LogP contribution in [0.1, 0.15) is 87.9 Å². The summed E-state index contributed by atoms with van der Waals surface area (Å²) >= 11 is 26.1. The van der Waals surface area contributed by atoms with Gasteiger partial charge in [-0.2, -0.15) is 74.9 Å². The van der Waals surface area contributed by atoms with Crippen molar-refractivity contribution >= 4 is 163 Å². The quantitative estimate of drug-likeness (QED) is 0.0257. The number of carbonyl (C=O) groups is 5. The van der Waals surface area contributed by atoms with Crippen molar-refractivity contribution < 1.29 is 54.0 Å². The molecule has 0 spiro atoms. The van der Waals surface area contributed by atoms with Crippen LogP contribution in [0.5, 0.6) is 0 Å². The predicted molar refractivity (Wildman–Crippen MR) is 432 cm³/mol. The number of nitrogens with one attached hydrogen (secondary N) is 5. The molecule has 117 heavy (non-hydrogen) atoms. The van der Waals surface area contributed by atoms with Gasteiger partial charge >= 0.3 is 6.09 Å². The number of hydrogen-bond donors (Lipinski definition) is 10. The molecule has 4 aromatic carbocycles. The summed E-state index contributed by atoms with van der Waals surface area (Å²) in [5, 5.41) is 46.9. The summed E-state index contributed by atoms with van der Waals surface area (Å²) in [7, 11) is -11.1. The second kappa shape index (κ2) is 38.7. The zero-order valence-corrected chi connectivity index (χ0v) is 68.5. The van der Waals surface area contributed by atoms with Gasteiger partial charge in [0.15, 0.2) is 5.16 Å². The Morgan fingerprint density at radius 3 is 1.29 bits per heavy atom. The van der Waals surface area contributed by atoms with Gasteiger partial charge in [0.2, 0.25) is 45.0 Å². The van der Waals surface area contributed by atoms with E-state index in [9.17, 15) is 49.2 Å². The summed E-state index contributed by atoms with van der Waals surface area (Å²) in [6.07, 6.45) is 25.2. The number of rotatable bonds is 21. The topological polar surface area (TPSA) is 613 Å². The molecule has 5 amide bonds. The minimum absolute atomic E-state index is 0.0466. The lowest BCUT2D eigenvalue weighted by atomic mass is 9.91. The number of thioether (sulfide) groups is 1. The summed E-state index contributed by atoms with van der Waals surface area (Å²) in [5.74, 6) is -2.97. The van der Waals surface area contributed by atoms with Crippen LogP contribution in [0.25, 0.3) is 22.7 Å². The van der Waals surface area contributed by atoms with Crippen molar-refractivity contribution in [1.82, 2.24) is 105 Å². The molecule has 1 aliphatic rings. The third kappa shape index (κ3) is 24.7. The Morgan fingerprint density at radius 2 is 0.855 bits per heavy atom. The Morgan fingerprint density at radius 1 is 0.462 bits per heavy atom. The Labute approximate surface area is 690 Å². The van der Waals surface area contributed by atoms with Crippen LogP contribution in [0, 0.1) is 0 Å². The molecular weight excluding hydrogens is 1690 g/mol. The number of benzene rings is 4. The average molecular weight is 1760 g/mol. The molecule has 12 aromatic rings. The van der Waals surface area contributed by atoms with E-state index in [-0.39, 0.29) is 73.6 Å². The van der Waals surface area contributed by atoms with Gasteiger partial charge in [0.25, 0.3) is 23.6 Å². The maximum absolute atomic E-state index is 11.7. The number of aromatic nitrogens is 20. The molecule has 8 aromatic heterocycles. The molecule has 1 saturated carbocycles. The summed E-state index contributed by atoms with van der Waals surface area (Å²) in [6, 6.07) is 20.2. The maximum atomic E-state index is 11.7. The molecule has 8 heterocycles. The van der Waals surface area contributed by atoms with Crippen LogP contribution in [0.3, 0.4) is 0 Å². The van der Waals surface area contributed by atoms with Gasteiger partial charge in [-0.05, 0) is 107 Å². The Balaban J connectivity index is 0.000000169. The first-order valence-electron chi connectivity index (χ1n) is 33.5. The third-order valence-corrected chi connectivity index (χ3v) is 19.6. The molecule has 0 unspecified atom stereocenters. The highest BCUT2D eigenvalue weighted by molar-refractivity contribution is 7.98. The van der Waals surface area contributed by atoms with Crippen LogP contribution in [0.2, 0.25) is 20.1 Å². The predicted octanol–water partition coefficient (Wildman–Crippen LogP) is 6.93. The first kappa shape index (κ1) is 88.4. The molecule has 42 nitrogen and oxygen atoms in total. The third-order valence-electron chi connectivity index (χ3n) is 15.2. The van der Waals surface area contributed by atoms with Crippen LogP contribution in [0.15, 0.2) is 168 Å². The van der Waals surface area contributed by atoms with E-state index in [2.05, 4.69) is 107 Å². The van der Waals surface area contributed by atoms with E-state index in [1.54, 1.807) is 48.8 Å². The van der Waals surface area contributed by atoms with Crippen molar-refractivity contribution in [3.8, 4) is 22.7 Å². The number of alkyl carbamates (subject to hydrolysis) is 1. The fraction of sp³-hybridized carbons (Fsp3) is 0.209. The van der Waals surface area contributed by atoms with E-state index in [1.165, 1.54) is 86.5 Å². The standard InChI is InChI=1S/C14H11Cl2N7O3S.2C14H12ClN7O3S.C14H13N7OS.C11H22N2O2/c1-27(25,26)14-18-6-7(12(17)24)13(22-14)21-10-5-11(9(16)4-8(10)15)23-19-2-3-20-23;1-26(24,25)14-17-7-9(12(16)23)13(21-14)20-11-6-8(2-3-10(11)15)22-18-4-5-19-22;1-26(24,25)14-17-7-9(12(16)23)13(21-14)20-8-2-3-10(15)11(6-8)22-18-4-5-19-22;1-23-14-16-8-11(12(15)22)13(20-14)19-9-3-2-4-10(7-9)21-17-5-6-18-21;1-11(2,3)15-10(14)13-9-7-5-4-6-8(9)12/h2-6H,1H3,(H2,17,24)(H,18,21,22);2*2-7H,1H3,(H2,16,23)(H,17,20,21);2-8H,1H3,(H2,15,22)(H,16,19,20);8-9H,4-7,12H2,1-3H3,(H,13,14)/t;;;;8-,9+/m....1/s1. The number of ether oxygens (including phenoxy) is 1. The second-order valence-corrected chi connectivity index (χ2v) is 33.4. The highest BCUT2D eigenvalue weighted by Crippen LogP contribution is 2.35. The van der Waals surface area contributed by atoms with E-state index in [1.807, 2.05) is 51.3 Å². The molecule has 1 fully saturated rings. The number of nitrogens with zero attached hydrogens (tertiary/aromatic N) is 20. The van der Waals surface area contributed by atoms with E-state index < -0.39 is 74.2 Å². The number of halogens is 4. The van der Waals surface area contributed by atoms with Crippen LogP contribution in [-0.4, -0.2) is 198 Å². The Bertz CT molecular complexity index is 5960. The Kier molecular flexibility index (Phi) is 29.2. The van der Waals surface area contributed by atoms with Gasteiger partial charge in [0.1, 0.15) is 62.5 Å². The van der Waals surface area contributed by atoms with Gasteiger partial charge in [-0.15, -0.1) is 0 Å². The molecule has 0 saturated heterocycles. The fourth-order valence-electron chi connectivity index (χ4n) is 9.88. The van der Waals surface area contributed by atoms with Crippen LogP contribution in [0.4, 0.5) is 50.8 Å². The van der Waals surface area contributed by atoms with Gasteiger partial charge in [0.05, 0.1) is 92.4 Å². The van der Waals surface area contributed by atoms with Crippen LogP contribution in [-0.2, 0) is 34.2 Å². The number of nitrogens with two attached hydrogens (primary N) is 5. The molecule has 15 N–H and O–H groups in total. The summed E-state index contributed by atoms with van der Waals surface area (Å²) in [4.78, 5) is 94.3. The second-order valence-electron chi connectivity index (χ2n) is 25.3. The van der Waals surface area contributed by atoms with Crippen molar-refractivity contribution in [2.75, 3.05) is 46.3 Å². The van der Waals surface area contributed by atoms with Crippen LogP contribution < -0.4 is 55.3 Å². The number of carbonyl (C=O) groups excluding carboxylic acids is 5.